The summed E-state index contributed by atoms with van der Waals surface area (Å²) in [6.07, 6.45) is 0.822. The summed E-state index contributed by atoms with van der Waals surface area (Å²) in [7, 11) is 1.29. The summed E-state index contributed by atoms with van der Waals surface area (Å²) in [4.78, 5) is 29.7. The lowest BCUT2D eigenvalue weighted by atomic mass is 9.73. The van der Waals surface area contributed by atoms with Gasteiger partial charge >= 0.3 is 12.1 Å². The maximum Gasteiger partial charge on any atom is 0.408 e. The lowest BCUT2D eigenvalue weighted by Gasteiger charge is -2.36. The SMILES string of the molecule is COC(=O)C(C)(c1ccc(Cl)cc1)C(NC(=O)OC(C)(C)C)c1ccc(Cl)nc1. The molecule has 1 heterocycles. The van der Waals surface area contributed by atoms with Crippen molar-refractivity contribution in [2.45, 2.75) is 44.8 Å². The molecule has 0 spiro atoms. The van der Waals surface area contributed by atoms with Crippen LogP contribution in [0.2, 0.25) is 10.2 Å². The van der Waals surface area contributed by atoms with E-state index in [9.17, 15) is 9.59 Å². The fourth-order valence-corrected chi connectivity index (χ4v) is 3.19. The van der Waals surface area contributed by atoms with E-state index in [1.807, 2.05) is 0 Å². The summed E-state index contributed by atoms with van der Waals surface area (Å²) >= 11 is 11.9. The summed E-state index contributed by atoms with van der Waals surface area (Å²) in [5.74, 6) is -0.546. The molecule has 1 N–H and O–H groups in total. The number of methoxy groups -OCH3 is 1. The lowest BCUT2D eigenvalue weighted by Crippen LogP contribution is -2.49. The number of alkyl carbamates (subject to hydrolysis) is 1. The van der Waals surface area contributed by atoms with Gasteiger partial charge in [0.25, 0.3) is 0 Å². The monoisotopic (exact) mass is 438 g/mol. The molecule has 29 heavy (non-hydrogen) atoms. The van der Waals surface area contributed by atoms with Gasteiger partial charge in [0, 0.05) is 11.2 Å². The van der Waals surface area contributed by atoms with E-state index in [1.54, 1.807) is 64.1 Å². The van der Waals surface area contributed by atoms with Crippen LogP contribution in [0.4, 0.5) is 4.79 Å². The summed E-state index contributed by atoms with van der Waals surface area (Å²) in [5.41, 5.74) is -0.853. The van der Waals surface area contributed by atoms with E-state index >= 15 is 0 Å². The van der Waals surface area contributed by atoms with E-state index in [2.05, 4.69) is 10.3 Å². The third kappa shape index (κ3) is 5.61. The van der Waals surface area contributed by atoms with Gasteiger partial charge in [-0.15, -0.1) is 0 Å². The highest BCUT2D eigenvalue weighted by Gasteiger charge is 2.46. The van der Waals surface area contributed by atoms with Crippen LogP contribution in [0.1, 0.15) is 44.9 Å². The van der Waals surface area contributed by atoms with E-state index in [4.69, 9.17) is 32.7 Å². The number of hydrogen-bond donors (Lipinski definition) is 1. The Hall–Kier alpha value is -2.31. The molecule has 0 aliphatic rings. The summed E-state index contributed by atoms with van der Waals surface area (Å²) in [6, 6.07) is 9.19. The summed E-state index contributed by atoms with van der Waals surface area (Å²) < 4.78 is 10.5. The van der Waals surface area contributed by atoms with Crippen molar-refractivity contribution in [2.75, 3.05) is 7.11 Å². The van der Waals surface area contributed by atoms with Crippen molar-refractivity contribution in [2.24, 2.45) is 0 Å². The number of carbonyl (C=O) groups is 2. The number of rotatable bonds is 5. The first-order valence-electron chi connectivity index (χ1n) is 8.93. The van der Waals surface area contributed by atoms with Crippen molar-refractivity contribution in [3.63, 3.8) is 0 Å². The zero-order chi connectivity index (χ0) is 21.8. The molecule has 0 aliphatic carbocycles. The van der Waals surface area contributed by atoms with E-state index in [0.29, 0.717) is 16.1 Å². The highest BCUT2D eigenvalue weighted by Crippen LogP contribution is 2.39. The number of nitrogens with zero attached hydrogens (tertiary/aromatic N) is 1. The number of benzene rings is 1. The Morgan fingerprint density at radius 3 is 2.14 bits per heavy atom. The predicted octanol–water partition coefficient (Wildman–Crippen LogP) is 5.09. The zero-order valence-electron chi connectivity index (χ0n) is 17.0. The van der Waals surface area contributed by atoms with E-state index in [1.165, 1.54) is 13.3 Å². The van der Waals surface area contributed by atoms with Crippen molar-refractivity contribution in [3.8, 4) is 0 Å². The van der Waals surface area contributed by atoms with Crippen LogP contribution in [0.5, 0.6) is 0 Å². The molecule has 0 aliphatic heterocycles. The van der Waals surface area contributed by atoms with Crippen LogP contribution in [0.25, 0.3) is 0 Å². The number of halogens is 2. The molecule has 0 saturated heterocycles. The van der Waals surface area contributed by atoms with Crippen LogP contribution < -0.4 is 5.32 Å². The van der Waals surface area contributed by atoms with Crippen molar-refractivity contribution in [3.05, 3.63) is 63.9 Å². The molecule has 2 aromatic rings. The smallest absolute Gasteiger partial charge is 0.408 e. The summed E-state index contributed by atoms with van der Waals surface area (Å²) in [6.45, 7) is 6.94. The van der Waals surface area contributed by atoms with Gasteiger partial charge in [-0.25, -0.2) is 9.78 Å². The standard InChI is InChI=1S/C21H24Cl2N2O4/c1-20(2,3)29-19(27)25-17(13-6-11-16(23)24-12-13)21(4,18(26)28-5)14-7-9-15(22)10-8-14/h6-12,17H,1-5H3,(H,25,27). The Morgan fingerprint density at radius 2 is 1.66 bits per heavy atom. The fraction of sp³-hybridized carbons (Fsp3) is 0.381. The first-order chi connectivity index (χ1) is 13.5. The van der Waals surface area contributed by atoms with Gasteiger partial charge < -0.3 is 14.8 Å². The van der Waals surface area contributed by atoms with Gasteiger partial charge in [0.15, 0.2) is 0 Å². The molecule has 2 rings (SSSR count). The molecule has 0 fully saturated rings. The van der Waals surface area contributed by atoms with Crippen LogP contribution in [0.15, 0.2) is 42.6 Å². The summed E-state index contributed by atoms with van der Waals surface area (Å²) in [5, 5.41) is 3.61. The molecule has 1 aromatic carbocycles. The fourth-order valence-electron chi connectivity index (χ4n) is 2.95. The van der Waals surface area contributed by atoms with Gasteiger partial charge in [-0.2, -0.15) is 0 Å². The number of amides is 1. The van der Waals surface area contributed by atoms with Crippen LogP contribution in [0.3, 0.4) is 0 Å². The van der Waals surface area contributed by atoms with E-state index in [0.717, 1.165) is 0 Å². The van der Waals surface area contributed by atoms with Gasteiger partial charge in [-0.1, -0.05) is 41.4 Å². The molecule has 0 saturated carbocycles. The first kappa shape index (κ1) is 23.0. The number of hydrogen-bond acceptors (Lipinski definition) is 5. The predicted molar refractivity (Wildman–Crippen MR) is 112 cm³/mol. The Bertz CT molecular complexity index is 864. The second-order valence-corrected chi connectivity index (χ2v) is 8.52. The molecule has 6 nitrogen and oxygen atoms in total. The number of pyridine rings is 1. The van der Waals surface area contributed by atoms with E-state index in [-0.39, 0.29) is 5.15 Å². The molecule has 1 aromatic heterocycles. The Kier molecular flexibility index (Phi) is 7.14. The van der Waals surface area contributed by atoms with Crippen LogP contribution >= 0.6 is 23.2 Å². The van der Waals surface area contributed by atoms with Crippen LogP contribution in [-0.4, -0.2) is 29.8 Å². The third-order valence-electron chi connectivity index (χ3n) is 4.38. The molecular formula is C21H24Cl2N2O4. The van der Waals surface area contributed by atoms with Crippen molar-refractivity contribution in [1.29, 1.82) is 0 Å². The molecule has 8 heteroatoms. The maximum atomic E-state index is 13.0. The molecular weight excluding hydrogens is 415 g/mol. The number of aromatic nitrogens is 1. The zero-order valence-corrected chi connectivity index (χ0v) is 18.5. The average molecular weight is 439 g/mol. The van der Waals surface area contributed by atoms with Crippen molar-refractivity contribution >= 4 is 35.3 Å². The van der Waals surface area contributed by atoms with Crippen LogP contribution in [-0.2, 0) is 19.7 Å². The van der Waals surface area contributed by atoms with Gasteiger partial charge in [-0.05, 0) is 57.0 Å². The average Bonchev–Trinajstić information content (AvgIpc) is 2.65. The normalized spacial score (nSPS) is 14.4. The Labute approximate surface area is 180 Å². The van der Waals surface area contributed by atoms with Crippen molar-refractivity contribution < 1.29 is 19.1 Å². The van der Waals surface area contributed by atoms with E-state index < -0.39 is 29.1 Å². The van der Waals surface area contributed by atoms with Gasteiger partial charge in [-0.3, -0.25) is 4.79 Å². The highest BCUT2D eigenvalue weighted by molar-refractivity contribution is 6.30. The number of ether oxygens (including phenoxy) is 2. The van der Waals surface area contributed by atoms with Gasteiger partial charge in [0.05, 0.1) is 13.2 Å². The maximum absolute atomic E-state index is 13.0. The number of esters is 1. The second-order valence-electron chi connectivity index (χ2n) is 7.69. The molecule has 0 radical (unpaired) electrons. The Balaban J connectivity index is 2.60. The quantitative estimate of drug-likeness (QED) is 0.519. The molecule has 2 atom stereocenters. The molecule has 1 amide bonds. The molecule has 0 bridgehead atoms. The molecule has 2 unspecified atom stereocenters. The third-order valence-corrected chi connectivity index (χ3v) is 4.85. The minimum absolute atomic E-state index is 0.288. The lowest BCUT2D eigenvalue weighted by molar-refractivity contribution is -0.148. The number of carbonyl (C=O) groups excluding carboxylic acids is 2. The van der Waals surface area contributed by atoms with Crippen LogP contribution in [0, 0.1) is 0 Å². The second kappa shape index (κ2) is 9.01. The number of nitrogens with one attached hydrogen (secondary N) is 1. The first-order valence-corrected chi connectivity index (χ1v) is 9.68. The van der Waals surface area contributed by atoms with Crippen molar-refractivity contribution in [1.82, 2.24) is 10.3 Å². The Morgan fingerprint density at radius 1 is 1.03 bits per heavy atom. The van der Waals surface area contributed by atoms with Gasteiger partial charge in [0.2, 0.25) is 0 Å². The molecule has 156 valence electrons. The highest BCUT2D eigenvalue weighted by atomic mass is 35.5. The minimum Gasteiger partial charge on any atom is -0.468 e. The minimum atomic E-state index is -1.30. The van der Waals surface area contributed by atoms with Gasteiger partial charge in [0.1, 0.15) is 16.2 Å². The topological polar surface area (TPSA) is 77.5 Å². The largest absolute Gasteiger partial charge is 0.468 e.